The van der Waals surface area contributed by atoms with E-state index in [-0.39, 0.29) is 12.6 Å². The van der Waals surface area contributed by atoms with E-state index in [0.29, 0.717) is 30.5 Å². The number of urea groups is 1. The van der Waals surface area contributed by atoms with Crippen LogP contribution in [-0.4, -0.2) is 41.1 Å². The number of ether oxygens (including phenoxy) is 2. The zero-order chi connectivity index (χ0) is 18.9. The molecule has 8 heteroatoms. The van der Waals surface area contributed by atoms with Crippen molar-refractivity contribution < 1.29 is 14.3 Å². The van der Waals surface area contributed by atoms with Crippen LogP contribution < -0.4 is 15.4 Å². The molecule has 8 nitrogen and oxygen atoms in total. The molecule has 0 spiro atoms. The Hall–Kier alpha value is -3.39. The Bertz CT molecular complexity index is 867. The summed E-state index contributed by atoms with van der Waals surface area (Å²) in [5.41, 5.74) is 1.51. The Morgan fingerprint density at radius 1 is 1.07 bits per heavy atom. The Labute approximate surface area is 157 Å². The number of nitrogens with one attached hydrogen (secondary N) is 2. The average Bonchev–Trinajstić information content (AvgIpc) is 3.17. The van der Waals surface area contributed by atoms with Gasteiger partial charge in [-0.3, -0.25) is 4.57 Å². The number of benzene rings is 2. The smallest absolute Gasteiger partial charge is 0.319 e. The molecule has 0 aliphatic carbocycles. The van der Waals surface area contributed by atoms with Gasteiger partial charge in [0.05, 0.1) is 18.8 Å². The normalized spacial score (nSPS) is 10.4. The lowest BCUT2D eigenvalue weighted by molar-refractivity contribution is 0.146. The highest BCUT2D eigenvalue weighted by Gasteiger charge is 2.10. The molecule has 0 saturated carbocycles. The van der Waals surface area contributed by atoms with Crippen LogP contribution in [0.2, 0.25) is 0 Å². The molecule has 0 saturated heterocycles. The van der Waals surface area contributed by atoms with Gasteiger partial charge in [-0.05, 0) is 24.3 Å². The van der Waals surface area contributed by atoms with Gasteiger partial charge in [0.1, 0.15) is 18.7 Å². The molecule has 27 heavy (non-hydrogen) atoms. The fourth-order valence-corrected chi connectivity index (χ4v) is 2.44. The number of carbonyl (C=O) groups excluding carboxylic acids is 1. The van der Waals surface area contributed by atoms with Crippen LogP contribution in [0.1, 0.15) is 5.82 Å². The standard InChI is InChI=1S/C19H21N5O3/c1-26-11-12-27-17-10-6-5-9-16(17)22-19(25)20-13-18-23-21-14-24(18)15-7-3-2-4-8-15/h2-10,14H,11-13H2,1H3,(H2,20,22,25). The van der Waals surface area contributed by atoms with Gasteiger partial charge in [0, 0.05) is 12.8 Å². The molecule has 2 aromatic carbocycles. The minimum atomic E-state index is -0.361. The fourth-order valence-electron chi connectivity index (χ4n) is 2.44. The number of nitrogens with zero attached hydrogens (tertiary/aromatic N) is 3. The first-order valence-corrected chi connectivity index (χ1v) is 8.48. The van der Waals surface area contributed by atoms with Crippen LogP contribution in [0.15, 0.2) is 60.9 Å². The molecule has 0 bridgehead atoms. The van der Waals surface area contributed by atoms with Gasteiger partial charge >= 0.3 is 6.03 Å². The quantitative estimate of drug-likeness (QED) is 0.597. The van der Waals surface area contributed by atoms with Gasteiger partial charge in [0.2, 0.25) is 0 Å². The second-order valence-corrected chi connectivity index (χ2v) is 5.60. The first-order valence-electron chi connectivity index (χ1n) is 8.48. The van der Waals surface area contributed by atoms with Gasteiger partial charge in [-0.1, -0.05) is 30.3 Å². The third kappa shape index (κ3) is 5.05. The Kier molecular flexibility index (Phi) is 6.37. The lowest BCUT2D eigenvalue weighted by Gasteiger charge is -2.13. The van der Waals surface area contributed by atoms with Crippen molar-refractivity contribution in [3.8, 4) is 11.4 Å². The number of anilines is 1. The monoisotopic (exact) mass is 367 g/mol. The molecule has 3 aromatic rings. The van der Waals surface area contributed by atoms with Crippen LogP contribution in [0.5, 0.6) is 5.75 Å². The number of carbonyl (C=O) groups is 1. The van der Waals surface area contributed by atoms with Crippen molar-refractivity contribution in [2.45, 2.75) is 6.54 Å². The van der Waals surface area contributed by atoms with Crippen molar-refractivity contribution in [1.82, 2.24) is 20.1 Å². The van der Waals surface area contributed by atoms with Crippen LogP contribution in [0, 0.1) is 0 Å². The molecule has 1 aromatic heterocycles. The van der Waals surface area contributed by atoms with Crippen molar-refractivity contribution in [3.05, 3.63) is 66.7 Å². The molecular weight excluding hydrogens is 346 g/mol. The molecule has 2 N–H and O–H groups in total. The van der Waals surface area contributed by atoms with E-state index in [0.717, 1.165) is 5.69 Å². The highest BCUT2D eigenvalue weighted by molar-refractivity contribution is 5.90. The zero-order valence-corrected chi connectivity index (χ0v) is 15.0. The number of hydrogen-bond donors (Lipinski definition) is 2. The van der Waals surface area contributed by atoms with E-state index < -0.39 is 0 Å². The molecule has 0 atom stereocenters. The number of aromatic nitrogens is 3. The van der Waals surface area contributed by atoms with Crippen molar-refractivity contribution in [2.75, 3.05) is 25.6 Å². The summed E-state index contributed by atoms with van der Waals surface area (Å²) < 4.78 is 12.4. The second-order valence-electron chi connectivity index (χ2n) is 5.60. The highest BCUT2D eigenvalue weighted by Crippen LogP contribution is 2.23. The van der Waals surface area contributed by atoms with Crippen LogP contribution >= 0.6 is 0 Å². The van der Waals surface area contributed by atoms with Gasteiger partial charge in [0.15, 0.2) is 5.82 Å². The van der Waals surface area contributed by atoms with E-state index in [1.54, 1.807) is 25.6 Å². The summed E-state index contributed by atoms with van der Waals surface area (Å²) in [6.07, 6.45) is 1.61. The van der Waals surface area contributed by atoms with Crippen molar-refractivity contribution in [1.29, 1.82) is 0 Å². The van der Waals surface area contributed by atoms with Crippen molar-refractivity contribution in [3.63, 3.8) is 0 Å². The predicted molar refractivity (Wildman–Crippen MR) is 101 cm³/mol. The Morgan fingerprint density at radius 3 is 2.67 bits per heavy atom. The molecule has 0 fully saturated rings. The summed E-state index contributed by atoms with van der Waals surface area (Å²) >= 11 is 0. The fraction of sp³-hybridized carbons (Fsp3) is 0.211. The van der Waals surface area contributed by atoms with Crippen LogP contribution in [0.25, 0.3) is 5.69 Å². The van der Waals surface area contributed by atoms with Gasteiger partial charge in [-0.15, -0.1) is 10.2 Å². The second kappa shape index (κ2) is 9.35. The van der Waals surface area contributed by atoms with Gasteiger partial charge in [0.25, 0.3) is 0 Å². The van der Waals surface area contributed by atoms with Gasteiger partial charge in [-0.2, -0.15) is 0 Å². The van der Waals surface area contributed by atoms with Crippen LogP contribution in [-0.2, 0) is 11.3 Å². The highest BCUT2D eigenvalue weighted by atomic mass is 16.5. The topological polar surface area (TPSA) is 90.3 Å². The minimum absolute atomic E-state index is 0.230. The Morgan fingerprint density at radius 2 is 1.85 bits per heavy atom. The summed E-state index contributed by atoms with van der Waals surface area (Å²) in [6, 6.07) is 16.6. The third-order valence-corrected chi connectivity index (χ3v) is 3.74. The number of hydrogen-bond acceptors (Lipinski definition) is 5. The molecule has 0 radical (unpaired) electrons. The predicted octanol–water partition coefficient (Wildman–Crippen LogP) is 2.61. The van der Waals surface area contributed by atoms with Crippen LogP contribution in [0.4, 0.5) is 10.5 Å². The molecule has 3 rings (SSSR count). The maximum absolute atomic E-state index is 12.3. The maximum atomic E-state index is 12.3. The number of amides is 2. The molecule has 0 aliphatic rings. The lowest BCUT2D eigenvalue weighted by atomic mass is 10.3. The third-order valence-electron chi connectivity index (χ3n) is 3.74. The van der Waals surface area contributed by atoms with Crippen molar-refractivity contribution in [2.24, 2.45) is 0 Å². The van der Waals surface area contributed by atoms with E-state index in [1.165, 1.54) is 0 Å². The van der Waals surface area contributed by atoms with Gasteiger partial charge < -0.3 is 20.1 Å². The van der Waals surface area contributed by atoms with E-state index in [9.17, 15) is 4.79 Å². The number of para-hydroxylation sites is 3. The first kappa shape index (κ1) is 18.4. The van der Waals surface area contributed by atoms with E-state index in [2.05, 4.69) is 20.8 Å². The first-order chi connectivity index (χ1) is 13.3. The lowest BCUT2D eigenvalue weighted by Crippen LogP contribution is -2.29. The number of methoxy groups -OCH3 is 1. The van der Waals surface area contributed by atoms with E-state index in [1.807, 2.05) is 47.0 Å². The Balaban J connectivity index is 1.59. The molecular formula is C19H21N5O3. The SMILES string of the molecule is COCCOc1ccccc1NC(=O)NCc1nncn1-c1ccccc1. The molecule has 0 unspecified atom stereocenters. The largest absolute Gasteiger partial charge is 0.489 e. The summed E-state index contributed by atoms with van der Waals surface area (Å²) in [5.74, 6) is 1.21. The summed E-state index contributed by atoms with van der Waals surface area (Å²) in [5, 5.41) is 13.6. The van der Waals surface area contributed by atoms with Gasteiger partial charge in [-0.25, -0.2) is 4.79 Å². The van der Waals surface area contributed by atoms with Crippen molar-refractivity contribution >= 4 is 11.7 Å². The molecule has 2 amide bonds. The summed E-state index contributed by atoms with van der Waals surface area (Å²) in [4.78, 5) is 12.3. The zero-order valence-electron chi connectivity index (χ0n) is 15.0. The average molecular weight is 367 g/mol. The molecule has 1 heterocycles. The maximum Gasteiger partial charge on any atom is 0.319 e. The van der Waals surface area contributed by atoms with E-state index >= 15 is 0 Å². The minimum Gasteiger partial charge on any atom is -0.489 e. The summed E-state index contributed by atoms with van der Waals surface area (Å²) in [7, 11) is 1.61. The van der Waals surface area contributed by atoms with E-state index in [4.69, 9.17) is 9.47 Å². The molecule has 140 valence electrons. The molecule has 0 aliphatic heterocycles. The summed E-state index contributed by atoms with van der Waals surface area (Å²) in [6.45, 7) is 1.10. The number of rotatable bonds is 8. The van der Waals surface area contributed by atoms with Crippen LogP contribution in [0.3, 0.4) is 0 Å².